The average Bonchev–Trinajstić information content (AvgIpc) is 2.81. The normalized spacial score (nSPS) is 28.3. The van der Waals surface area contributed by atoms with E-state index >= 15 is 0 Å². The summed E-state index contributed by atoms with van der Waals surface area (Å²) in [7, 11) is 2.22. The fourth-order valence-electron chi connectivity index (χ4n) is 3.59. The largest absolute Gasteiger partial charge is 0.396 e. The van der Waals surface area contributed by atoms with E-state index in [1.807, 2.05) is 0 Å². The number of fused-ring (bicyclic) bond motifs is 1. The van der Waals surface area contributed by atoms with Crippen LogP contribution < -0.4 is 0 Å². The van der Waals surface area contributed by atoms with Gasteiger partial charge in [-0.2, -0.15) is 0 Å². The van der Waals surface area contributed by atoms with Crippen LogP contribution in [0.2, 0.25) is 0 Å². The minimum atomic E-state index is 0.309. The van der Waals surface area contributed by atoms with Gasteiger partial charge in [0.25, 0.3) is 0 Å². The van der Waals surface area contributed by atoms with Gasteiger partial charge in [-0.15, -0.1) is 0 Å². The van der Waals surface area contributed by atoms with Gasteiger partial charge >= 0.3 is 0 Å². The first kappa shape index (κ1) is 13.1. The number of nitrogens with zero attached hydrogens (tertiary/aromatic N) is 3. The van der Waals surface area contributed by atoms with Crippen molar-refractivity contribution < 1.29 is 5.11 Å². The molecule has 0 saturated carbocycles. The Morgan fingerprint density at radius 2 is 2.21 bits per heavy atom. The number of aliphatic hydroxyl groups excluding tert-OH is 1. The third-order valence-electron chi connectivity index (χ3n) is 4.72. The molecule has 1 aromatic rings. The standard InChI is InChI=1S/C15H25N3O/c1-17-6-2-3-12(9-17)7-15-16-8-14-5-4-13(11-19)10-18(14)15/h8,12-13,19H,2-7,9-11H2,1H3. The molecule has 4 heteroatoms. The Bertz CT molecular complexity index is 429. The zero-order chi connectivity index (χ0) is 13.2. The lowest BCUT2D eigenvalue weighted by molar-refractivity contribution is 0.185. The highest BCUT2D eigenvalue weighted by atomic mass is 16.3. The number of rotatable bonds is 3. The molecule has 3 rings (SSSR count). The van der Waals surface area contributed by atoms with Crippen molar-refractivity contribution in [2.24, 2.45) is 11.8 Å². The van der Waals surface area contributed by atoms with E-state index in [4.69, 9.17) is 0 Å². The molecule has 1 fully saturated rings. The van der Waals surface area contributed by atoms with Crippen LogP contribution in [0.5, 0.6) is 0 Å². The van der Waals surface area contributed by atoms with Gasteiger partial charge in [0.2, 0.25) is 0 Å². The molecular weight excluding hydrogens is 238 g/mol. The highest BCUT2D eigenvalue weighted by molar-refractivity contribution is 5.09. The van der Waals surface area contributed by atoms with Gasteiger partial charge in [-0.3, -0.25) is 0 Å². The van der Waals surface area contributed by atoms with Gasteiger partial charge in [0, 0.05) is 43.9 Å². The minimum absolute atomic E-state index is 0.309. The fourth-order valence-corrected chi connectivity index (χ4v) is 3.59. The SMILES string of the molecule is CN1CCCC(Cc2ncc3n2CC(CO)CC3)C1. The average molecular weight is 263 g/mol. The van der Waals surface area contributed by atoms with Crippen molar-refractivity contribution in [1.82, 2.24) is 14.5 Å². The van der Waals surface area contributed by atoms with Crippen LogP contribution in [0.4, 0.5) is 0 Å². The van der Waals surface area contributed by atoms with Gasteiger partial charge in [-0.1, -0.05) is 0 Å². The van der Waals surface area contributed by atoms with Crippen LogP contribution in [-0.2, 0) is 19.4 Å². The maximum atomic E-state index is 9.36. The smallest absolute Gasteiger partial charge is 0.109 e. The van der Waals surface area contributed by atoms with Crippen molar-refractivity contribution in [2.45, 2.75) is 38.6 Å². The Morgan fingerprint density at radius 1 is 1.32 bits per heavy atom. The van der Waals surface area contributed by atoms with Gasteiger partial charge in [0.1, 0.15) is 5.82 Å². The van der Waals surface area contributed by atoms with Crippen molar-refractivity contribution in [3.63, 3.8) is 0 Å². The summed E-state index contributed by atoms with van der Waals surface area (Å²) in [4.78, 5) is 7.08. The summed E-state index contributed by atoms with van der Waals surface area (Å²) >= 11 is 0. The van der Waals surface area contributed by atoms with Gasteiger partial charge in [-0.05, 0) is 45.2 Å². The molecule has 2 atom stereocenters. The molecule has 3 heterocycles. The van der Waals surface area contributed by atoms with Crippen molar-refractivity contribution in [3.05, 3.63) is 17.7 Å². The molecule has 19 heavy (non-hydrogen) atoms. The zero-order valence-electron chi connectivity index (χ0n) is 11.9. The Balaban J connectivity index is 1.70. The molecule has 2 aliphatic rings. The third-order valence-corrected chi connectivity index (χ3v) is 4.72. The first-order valence-corrected chi connectivity index (χ1v) is 7.59. The first-order valence-electron chi connectivity index (χ1n) is 7.59. The molecule has 0 spiro atoms. The molecular formula is C15H25N3O. The van der Waals surface area contributed by atoms with Crippen molar-refractivity contribution >= 4 is 0 Å². The number of likely N-dealkylation sites (tertiary alicyclic amines) is 1. The number of hydrogen-bond donors (Lipinski definition) is 1. The molecule has 0 bridgehead atoms. The summed E-state index contributed by atoms with van der Waals surface area (Å²) in [6.07, 6.45) is 7.97. The molecule has 1 saturated heterocycles. The van der Waals surface area contributed by atoms with Crippen LogP contribution in [0.1, 0.15) is 30.8 Å². The van der Waals surface area contributed by atoms with Crippen molar-refractivity contribution in [3.8, 4) is 0 Å². The van der Waals surface area contributed by atoms with E-state index in [-0.39, 0.29) is 0 Å². The van der Waals surface area contributed by atoms with Crippen molar-refractivity contribution in [2.75, 3.05) is 26.7 Å². The van der Waals surface area contributed by atoms with E-state index in [1.165, 1.54) is 37.4 Å². The van der Waals surface area contributed by atoms with E-state index in [0.29, 0.717) is 12.5 Å². The highest BCUT2D eigenvalue weighted by Gasteiger charge is 2.24. The molecule has 0 amide bonds. The Labute approximate surface area is 115 Å². The molecule has 0 aromatic carbocycles. The van der Waals surface area contributed by atoms with Crippen molar-refractivity contribution in [1.29, 1.82) is 0 Å². The Kier molecular flexibility index (Phi) is 3.89. The summed E-state index contributed by atoms with van der Waals surface area (Å²) < 4.78 is 2.37. The second-order valence-electron chi connectivity index (χ2n) is 6.34. The summed E-state index contributed by atoms with van der Waals surface area (Å²) in [5.74, 6) is 2.42. The van der Waals surface area contributed by atoms with Crippen LogP contribution in [0, 0.1) is 11.8 Å². The molecule has 0 aliphatic carbocycles. The number of hydrogen-bond acceptors (Lipinski definition) is 3. The van der Waals surface area contributed by atoms with E-state index in [0.717, 1.165) is 31.7 Å². The maximum Gasteiger partial charge on any atom is 0.109 e. The molecule has 1 N–H and O–H groups in total. The first-order chi connectivity index (χ1) is 9.26. The number of aryl methyl sites for hydroxylation is 1. The van der Waals surface area contributed by atoms with E-state index < -0.39 is 0 Å². The van der Waals surface area contributed by atoms with Crippen LogP contribution >= 0.6 is 0 Å². The second-order valence-corrected chi connectivity index (χ2v) is 6.34. The Morgan fingerprint density at radius 3 is 3.00 bits per heavy atom. The molecule has 1 aromatic heterocycles. The summed E-state index contributed by atoms with van der Waals surface area (Å²) in [6.45, 7) is 3.71. The summed E-state index contributed by atoms with van der Waals surface area (Å²) in [5, 5.41) is 9.36. The monoisotopic (exact) mass is 263 g/mol. The lowest BCUT2D eigenvalue weighted by atomic mass is 9.94. The van der Waals surface area contributed by atoms with E-state index in [1.54, 1.807) is 0 Å². The lowest BCUT2D eigenvalue weighted by Crippen LogP contribution is -2.34. The predicted molar refractivity (Wildman–Crippen MR) is 75.0 cm³/mol. The van der Waals surface area contributed by atoms with Gasteiger partial charge in [-0.25, -0.2) is 4.98 Å². The molecule has 4 nitrogen and oxygen atoms in total. The van der Waals surface area contributed by atoms with Crippen LogP contribution in [-0.4, -0.2) is 46.3 Å². The van der Waals surface area contributed by atoms with Crippen LogP contribution in [0.15, 0.2) is 6.20 Å². The maximum absolute atomic E-state index is 9.36. The van der Waals surface area contributed by atoms with E-state index in [9.17, 15) is 5.11 Å². The molecule has 2 aliphatic heterocycles. The quantitative estimate of drug-likeness (QED) is 0.894. The zero-order valence-corrected chi connectivity index (χ0v) is 11.9. The van der Waals surface area contributed by atoms with Gasteiger partial charge < -0.3 is 14.6 Å². The lowest BCUT2D eigenvalue weighted by Gasteiger charge is -2.30. The number of piperidine rings is 1. The highest BCUT2D eigenvalue weighted by Crippen LogP contribution is 2.25. The number of aromatic nitrogens is 2. The number of imidazole rings is 1. The summed E-state index contributed by atoms with van der Waals surface area (Å²) in [5.41, 5.74) is 1.36. The predicted octanol–water partition coefficient (Wildman–Crippen LogP) is 1.32. The summed E-state index contributed by atoms with van der Waals surface area (Å²) in [6, 6.07) is 0. The second kappa shape index (κ2) is 5.63. The molecule has 0 radical (unpaired) electrons. The van der Waals surface area contributed by atoms with Gasteiger partial charge in [0.05, 0.1) is 0 Å². The van der Waals surface area contributed by atoms with Gasteiger partial charge in [0.15, 0.2) is 0 Å². The van der Waals surface area contributed by atoms with Crippen LogP contribution in [0.3, 0.4) is 0 Å². The topological polar surface area (TPSA) is 41.3 Å². The Hall–Kier alpha value is -0.870. The molecule has 2 unspecified atom stereocenters. The molecule has 106 valence electrons. The third kappa shape index (κ3) is 2.84. The minimum Gasteiger partial charge on any atom is -0.396 e. The fraction of sp³-hybridized carbons (Fsp3) is 0.800. The van der Waals surface area contributed by atoms with Crippen LogP contribution in [0.25, 0.3) is 0 Å². The number of aliphatic hydroxyl groups is 1. The van der Waals surface area contributed by atoms with E-state index in [2.05, 4.69) is 27.7 Å².